The van der Waals surface area contributed by atoms with Crippen LogP contribution in [0, 0.1) is 0 Å². The molecule has 0 aliphatic carbocycles. The predicted octanol–water partition coefficient (Wildman–Crippen LogP) is 2.92. The molecule has 0 amide bonds. The average Bonchev–Trinajstić information content (AvgIpc) is 2.66. The van der Waals surface area contributed by atoms with E-state index < -0.39 is 17.2 Å². The highest BCUT2D eigenvalue weighted by Gasteiger charge is 2.18. The van der Waals surface area contributed by atoms with Gasteiger partial charge in [0.05, 0.1) is 24.2 Å². The smallest absolute Gasteiger partial charge is 0.349 e. The SMILES string of the molecule is COc1cc(C=Nn2c(=O)[nH]c3ccccc3c2=O)c(Br)c(Cl)c1OC(C)=O. The van der Waals surface area contributed by atoms with Crippen LogP contribution in [0.4, 0.5) is 0 Å². The molecule has 0 aliphatic heterocycles. The van der Waals surface area contributed by atoms with Crippen LogP contribution in [-0.2, 0) is 4.79 Å². The van der Waals surface area contributed by atoms with Gasteiger partial charge in [0.2, 0.25) is 0 Å². The lowest BCUT2D eigenvalue weighted by Crippen LogP contribution is -2.32. The first-order valence-corrected chi connectivity index (χ1v) is 9.03. The largest absolute Gasteiger partial charge is 0.493 e. The fourth-order valence-corrected chi connectivity index (χ4v) is 3.10. The van der Waals surface area contributed by atoms with Gasteiger partial charge in [0.25, 0.3) is 5.56 Å². The van der Waals surface area contributed by atoms with Gasteiger partial charge in [-0.15, -0.1) is 4.68 Å². The Kier molecular flexibility index (Phi) is 5.66. The molecule has 2 aromatic carbocycles. The van der Waals surface area contributed by atoms with E-state index in [2.05, 4.69) is 26.0 Å². The summed E-state index contributed by atoms with van der Waals surface area (Å²) in [5.74, 6) is -0.339. The Morgan fingerprint density at radius 3 is 2.71 bits per heavy atom. The van der Waals surface area contributed by atoms with E-state index in [0.29, 0.717) is 25.6 Å². The van der Waals surface area contributed by atoms with E-state index in [-0.39, 0.29) is 16.5 Å². The van der Waals surface area contributed by atoms with E-state index >= 15 is 0 Å². The van der Waals surface area contributed by atoms with Gasteiger partial charge in [0, 0.05) is 17.0 Å². The zero-order valence-electron chi connectivity index (χ0n) is 14.7. The van der Waals surface area contributed by atoms with Crippen LogP contribution >= 0.6 is 27.5 Å². The minimum absolute atomic E-state index is 0.0430. The number of carbonyl (C=O) groups is 1. The van der Waals surface area contributed by atoms with E-state index in [9.17, 15) is 14.4 Å². The molecule has 0 atom stereocenters. The molecule has 0 bridgehead atoms. The fourth-order valence-electron chi connectivity index (χ4n) is 2.47. The lowest BCUT2D eigenvalue weighted by Gasteiger charge is -2.12. The van der Waals surface area contributed by atoms with Gasteiger partial charge in [-0.3, -0.25) is 9.59 Å². The third-order valence-corrected chi connectivity index (χ3v) is 5.16. The second-order valence-corrected chi connectivity index (χ2v) is 6.73. The predicted molar refractivity (Wildman–Crippen MR) is 109 cm³/mol. The number of H-pyrrole nitrogens is 1. The van der Waals surface area contributed by atoms with E-state index in [1.54, 1.807) is 24.3 Å². The summed E-state index contributed by atoms with van der Waals surface area (Å²) in [5, 5.41) is 4.38. The highest BCUT2D eigenvalue weighted by molar-refractivity contribution is 9.10. The molecule has 0 unspecified atom stereocenters. The second-order valence-electron chi connectivity index (χ2n) is 5.56. The monoisotopic (exact) mass is 465 g/mol. The molecule has 3 aromatic rings. The molecule has 10 heteroatoms. The summed E-state index contributed by atoms with van der Waals surface area (Å²) >= 11 is 9.54. The van der Waals surface area contributed by atoms with Crippen molar-refractivity contribution in [2.45, 2.75) is 6.92 Å². The zero-order valence-corrected chi connectivity index (χ0v) is 17.0. The van der Waals surface area contributed by atoms with E-state index in [0.717, 1.165) is 0 Å². The number of hydrogen-bond donors (Lipinski definition) is 1. The first kappa shape index (κ1) is 19.8. The van der Waals surface area contributed by atoms with E-state index in [1.807, 2.05) is 0 Å². The van der Waals surface area contributed by atoms with Crippen molar-refractivity contribution >= 4 is 50.6 Å². The topological polar surface area (TPSA) is 103 Å². The molecule has 0 radical (unpaired) electrons. The number of para-hydroxylation sites is 1. The summed E-state index contributed by atoms with van der Waals surface area (Å²) in [6.07, 6.45) is 1.27. The minimum atomic E-state index is -0.689. The van der Waals surface area contributed by atoms with Crippen LogP contribution in [-0.4, -0.2) is 29.0 Å². The van der Waals surface area contributed by atoms with E-state index in [4.69, 9.17) is 21.1 Å². The number of methoxy groups -OCH3 is 1. The van der Waals surface area contributed by atoms with Crippen LogP contribution in [0.5, 0.6) is 11.5 Å². The summed E-state index contributed by atoms with van der Waals surface area (Å²) in [7, 11) is 1.38. The maximum absolute atomic E-state index is 12.5. The molecule has 0 spiro atoms. The summed E-state index contributed by atoms with van der Waals surface area (Å²) in [5.41, 5.74) is -0.440. The first-order chi connectivity index (χ1) is 13.3. The number of benzene rings is 2. The number of aromatic nitrogens is 2. The van der Waals surface area contributed by atoms with Crippen molar-refractivity contribution in [2.75, 3.05) is 7.11 Å². The van der Waals surface area contributed by atoms with Gasteiger partial charge in [0.1, 0.15) is 5.02 Å². The Labute approximate surface area is 171 Å². The number of aromatic amines is 1. The highest BCUT2D eigenvalue weighted by Crippen LogP contribution is 2.42. The summed E-state index contributed by atoms with van der Waals surface area (Å²) in [6.45, 7) is 1.23. The van der Waals surface area contributed by atoms with Crippen LogP contribution in [0.2, 0.25) is 5.02 Å². The van der Waals surface area contributed by atoms with Crippen LogP contribution in [0.25, 0.3) is 10.9 Å². The number of carbonyl (C=O) groups excluding carboxylic acids is 1. The van der Waals surface area contributed by atoms with E-state index in [1.165, 1.54) is 26.3 Å². The normalized spacial score (nSPS) is 11.1. The molecule has 3 rings (SSSR count). The van der Waals surface area contributed by atoms with Crippen molar-refractivity contribution in [1.82, 2.24) is 9.66 Å². The maximum atomic E-state index is 12.5. The first-order valence-electron chi connectivity index (χ1n) is 7.86. The van der Waals surface area contributed by atoms with Gasteiger partial charge in [-0.05, 0) is 34.1 Å². The Balaban J connectivity index is 2.12. The van der Waals surface area contributed by atoms with Gasteiger partial charge in [-0.2, -0.15) is 5.10 Å². The number of rotatable bonds is 4. The molecular formula is C18H13BrClN3O5. The molecule has 0 fully saturated rings. The Morgan fingerprint density at radius 2 is 2.04 bits per heavy atom. The number of nitrogens with one attached hydrogen (secondary N) is 1. The summed E-state index contributed by atoms with van der Waals surface area (Å²) in [6, 6.07) is 8.11. The number of fused-ring (bicyclic) bond motifs is 1. The summed E-state index contributed by atoms with van der Waals surface area (Å²) < 4.78 is 11.3. The van der Waals surface area contributed by atoms with Crippen molar-refractivity contribution in [2.24, 2.45) is 5.10 Å². The third kappa shape index (κ3) is 3.71. The molecule has 1 aromatic heterocycles. The van der Waals surface area contributed by atoms with Crippen molar-refractivity contribution in [1.29, 1.82) is 0 Å². The van der Waals surface area contributed by atoms with Crippen LogP contribution in [0.3, 0.4) is 0 Å². The number of ether oxygens (including phenoxy) is 2. The van der Waals surface area contributed by atoms with Gasteiger partial charge in [-0.1, -0.05) is 23.7 Å². The van der Waals surface area contributed by atoms with Crippen LogP contribution in [0.15, 0.2) is 49.5 Å². The van der Waals surface area contributed by atoms with Gasteiger partial charge in [-0.25, -0.2) is 4.79 Å². The molecular weight excluding hydrogens is 454 g/mol. The Hall–Kier alpha value is -2.91. The molecule has 0 saturated carbocycles. The van der Waals surface area contributed by atoms with Crippen molar-refractivity contribution in [3.8, 4) is 11.5 Å². The zero-order chi connectivity index (χ0) is 20.4. The number of esters is 1. The maximum Gasteiger partial charge on any atom is 0.349 e. The Morgan fingerprint density at radius 1 is 1.32 bits per heavy atom. The molecule has 0 saturated heterocycles. The van der Waals surface area contributed by atoms with Crippen molar-refractivity contribution in [3.63, 3.8) is 0 Å². The summed E-state index contributed by atoms with van der Waals surface area (Å²) in [4.78, 5) is 38.6. The van der Waals surface area contributed by atoms with Gasteiger partial charge >= 0.3 is 11.7 Å². The second kappa shape index (κ2) is 7.99. The van der Waals surface area contributed by atoms with Crippen LogP contribution < -0.4 is 20.7 Å². The third-order valence-electron chi connectivity index (χ3n) is 3.72. The van der Waals surface area contributed by atoms with Gasteiger partial charge in [0.15, 0.2) is 11.5 Å². The molecule has 1 heterocycles. The number of hydrogen-bond acceptors (Lipinski definition) is 6. The highest BCUT2D eigenvalue weighted by atomic mass is 79.9. The minimum Gasteiger partial charge on any atom is -0.493 e. The fraction of sp³-hybridized carbons (Fsp3) is 0.111. The number of halogens is 2. The molecule has 28 heavy (non-hydrogen) atoms. The molecule has 8 nitrogen and oxygen atoms in total. The standard InChI is InChI=1S/C18H13BrClN3O5/c1-9(24)28-16-13(27-2)7-10(14(19)15(16)20)8-21-23-17(25)11-5-3-4-6-12(11)22-18(23)26/h3-8H,1-2H3,(H,22,26). The number of nitrogens with zero attached hydrogens (tertiary/aromatic N) is 2. The lowest BCUT2D eigenvalue weighted by molar-refractivity contribution is -0.132. The van der Waals surface area contributed by atoms with Crippen LogP contribution in [0.1, 0.15) is 12.5 Å². The lowest BCUT2D eigenvalue weighted by atomic mass is 10.2. The quantitative estimate of drug-likeness (QED) is 0.362. The average molecular weight is 467 g/mol. The van der Waals surface area contributed by atoms with Gasteiger partial charge < -0.3 is 14.5 Å². The van der Waals surface area contributed by atoms with Crippen molar-refractivity contribution < 1.29 is 14.3 Å². The molecule has 144 valence electrons. The van der Waals surface area contributed by atoms with Crippen molar-refractivity contribution in [3.05, 3.63) is 66.2 Å². The molecule has 0 aliphatic rings. The molecule has 1 N–H and O–H groups in total. The Bertz CT molecular complexity index is 1230.